The third kappa shape index (κ3) is 4.45. The van der Waals surface area contributed by atoms with Crippen molar-refractivity contribution < 1.29 is 14.0 Å². The van der Waals surface area contributed by atoms with Crippen molar-refractivity contribution in [3.05, 3.63) is 64.4 Å². The lowest BCUT2D eigenvalue weighted by molar-refractivity contribution is -0.122. The Morgan fingerprint density at radius 1 is 1.19 bits per heavy atom. The molecule has 0 aliphatic carbocycles. The van der Waals surface area contributed by atoms with Crippen molar-refractivity contribution in [1.29, 1.82) is 0 Å². The topological polar surface area (TPSA) is 102 Å². The van der Waals surface area contributed by atoms with E-state index >= 15 is 0 Å². The Morgan fingerprint density at radius 2 is 1.96 bits per heavy atom. The second kappa shape index (κ2) is 7.92. The molecule has 27 heavy (non-hydrogen) atoms. The molecular weight excluding hydrogens is 375 g/mol. The van der Waals surface area contributed by atoms with Crippen LogP contribution in [0, 0.1) is 12.7 Å². The van der Waals surface area contributed by atoms with E-state index in [9.17, 15) is 14.0 Å². The first-order valence-corrected chi connectivity index (χ1v) is 8.20. The second-order valence-corrected chi connectivity index (χ2v) is 6.00. The summed E-state index contributed by atoms with van der Waals surface area (Å²) in [5, 5.41) is 11.9. The van der Waals surface area contributed by atoms with Crippen LogP contribution < -0.4 is 10.9 Å². The van der Waals surface area contributed by atoms with E-state index in [1.165, 1.54) is 18.2 Å². The average Bonchev–Trinajstić information content (AvgIpc) is 3.11. The van der Waals surface area contributed by atoms with Crippen LogP contribution in [0.1, 0.15) is 15.9 Å². The van der Waals surface area contributed by atoms with Crippen molar-refractivity contribution in [2.45, 2.75) is 13.5 Å². The van der Waals surface area contributed by atoms with Crippen LogP contribution in [0.15, 0.2) is 42.5 Å². The molecule has 0 saturated carbocycles. The summed E-state index contributed by atoms with van der Waals surface area (Å²) in [7, 11) is 0. The van der Waals surface area contributed by atoms with Gasteiger partial charge in [-0.2, -0.15) is 4.80 Å². The maximum Gasteiger partial charge on any atom is 0.271 e. The van der Waals surface area contributed by atoms with Gasteiger partial charge >= 0.3 is 0 Å². The van der Waals surface area contributed by atoms with Crippen molar-refractivity contribution in [3.63, 3.8) is 0 Å². The summed E-state index contributed by atoms with van der Waals surface area (Å²) >= 11 is 5.92. The van der Waals surface area contributed by atoms with Crippen LogP contribution in [-0.2, 0) is 11.3 Å². The zero-order valence-electron chi connectivity index (χ0n) is 14.1. The number of nitrogens with one attached hydrogen (secondary N) is 2. The fourth-order valence-electron chi connectivity index (χ4n) is 2.22. The minimum atomic E-state index is -0.561. The largest absolute Gasteiger partial charge is 0.271 e. The summed E-state index contributed by atoms with van der Waals surface area (Å²) in [5.74, 6) is -1.19. The molecule has 1 aromatic heterocycles. The average molecular weight is 389 g/mol. The molecule has 8 nitrogen and oxygen atoms in total. The van der Waals surface area contributed by atoms with Gasteiger partial charge in [-0.05, 0) is 48.0 Å². The Labute approximate surface area is 158 Å². The molecule has 0 fully saturated rings. The van der Waals surface area contributed by atoms with Crippen LogP contribution in [0.25, 0.3) is 11.4 Å². The number of carbonyl (C=O) groups excluding carboxylic acids is 2. The number of carbonyl (C=O) groups is 2. The molecule has 3 aromatic rings. The van der Waals surface area contributed by atoms with E-state index in [-0.39, 0.29) is 28.8 Å². The lowest BCUT2D eigenvalue weighted by Crippen LogP contribution is -2.43. The van der Waals surface area contributed by atoms with Crippen LogP contribution in [0.5, 0.6) is 0 Å². The highest BCUT2D eigenvalue weighted by molar-refractivity contribution is 6.33. The van der Waals surface area contributed by atoms with Crippen molar-refractivity contribution in [2.24, 2.45) is 0 Å². The smallest absolute Gasteiger partial charge is 0.271 e. The first-order chi connectivity index (χ1) is 12.9. The Balaban J connectivity index is 1.59. The molecule has 0 spiro atoms. The van der Waals surface area contributed by atoms with Gasteiger partial charge in [0.15, 0.2) is 0 Å². The van der Waals surface area contributed by atoms with Crippen LogP contribution in [0.3, 0.4) is 0 Å². The molecule has 2 aromatic carbocycles. The lowest BCUT2D eigenvalue weighted by Gasteiger charge is -2.07. The van der Waals surface area contributed by atoms with Gasteiger partial charge in [-0.1, -0.05) is 23.7 Å². The monoisotopic (exact) mass is 388 g/mol. The number of hydrogen-bond donors (Lipinski definition) is 2. The maximum atomic E-state index is 13.3. The fraction of sp³-hybridized carbons (Fsp3) is 0.118. The summed E-state index contributed by atoms with van der Waals surface area (Å²) in [6, 6.07) is 10.8. The number of rotatable bonds is 4. The fourth-order valence-corrected chi connectivity index (χ4v) is 2.44. The van der Waals surface area contributed by atoms with Gasteiger partial charge in [-0.3, -0.25) is 20.4 Å². The molecule has 0 bridgehead atoms. The molecule has 0 radical (unpaired) electrons. The summed E-state index contributed by atoms with van der Waals surface area (Å²) in [6.07, 6.45) is 0. The highest BCUT2D eigenvalue weighted by Gasteiger charge is 2.13. The van der Waals surface area contributed by atoms with E-state index in [4.69, 9.17) is 11.6 Å². The molecule has 0 saturated heterocycles. The van der Waals surface area contributed by atoms with E-state index in [0.29, 0.717) is 11.1 Å². The number of benzene rings is 2. The zero-order chi connectivity index (χ0) is 19.4. The zero-order valence-corrected chi connectivity index (χ0v) is 14.9. The highest BCUT2D eigenvalue weighted by Crippen LogP contribution is 2.17. The molecule has 10 heteroatoms. The van der Waals surface area contributed by atoms with Gasteiger partial charge in [0.1, 0.15) is 12.4 Å². The van der Waals surface area contributed by atoms with Gasteiger partial charge in [0.2, 0.25) is 5.82 Å². The molecule has 2 N–H and O–H groups in total. The van der Waals surface area contributed by atoms with E-state index in [0.717, 1.165) is 4.80 Å². The van der Waals surface area contributed by atoms with Crippen LogP contribution >= 0.6 is 11.6 Å². The molecule has 0 unspecified atom stereocenters. The first-order valence-electron chi connectivity index (χ1n) is 7.82. The molecule has 3 rings (SSSR count). The third-order valence-corrected chi connectivity index (χ3v) is 3.92. The minimum absolute atomic E-state index is 0.229. The predicted molar refractivity (Wildman–Crippen MR) is 95.0 cm³/mol. The normalized spacial score (nSPS) is 10.5. The number of tetrazole rings is 1. The molecule has 1 heterocycles. The summed E-state index contributed by atoms with van der Waals surface area (Å²) < 4.78 is 13.3. The molecule has 0 aliphatic rings. The lowest BCUT2D eigenvalue weighted by atomic mass is 10.1. The second-order valence-electron chi connectivity index (χ2n) is 5.59. The van der Waals surface area contributed by atoms with E-state index in [1.54, 1.807) is 31.2 Å². The summed E-state index contributed by atoms with van der Waals surface area (Å²) in [5.41, 5.74) is 5.76. The Kier molecular flexibility index (Phi) is 5.41. The highest BCUT2D eigenvalue weighted by atomic mass is 35.5. The number of aromatic nitrogens is 4. The van der Waals surface area contributed by atoms with E-state index in [2.05, 4.69) is 26.3 Å². The molecule has 0 atom stereocenters. The number of aryl methyl sites for hydroxylation is 1. The van der Waals surface area contributed by atoms with E-state index < -0.39 is 11.8 Å². The molecule has 138 valence electrons. The van der Waals surface area contributed by atoms with Gasteiger partial charge in [-0.15, -0.1) is 10.2 Å². The number of hydrogen-bond acceptors (Lipinski definition) is 5. The van der Waals surface area contributed by atoms with Gasteiger partial charge < -0.3 is 0 Å². The number of nitrogens with zero attached hydrogens (tertiary/aromatic N) is 4. The minimum Gasteiger partial charge on any atom is -0.271 e. The van der Waals surface area contributed by atoms with Crippen LogP contribution in [-0.4, -0.2) is 32.0 Å². The first kappa shape index (κ1) is 18.5. The third-order valence-electron chi connectivity index (χ3n) is 3.59. The Hall–Kier alpha value is -3.33. The summed E-state index contributed by atoms with van der Waals surface area (Å²) in [4.78, 5) is 25.0. The molecular formula is C17H14ClFN6O2. The van der Waals surface area contributed by atoms with Crippen molar-refractivity contribution in [2.75, 3.05) is 0 Å². The number of hydrazine groups is 1. The van der Waals surface area contributed by atoms with Gasteiger partial charge in [-0.25, -0.2) is 4.39 Å². The standard InChI is InChI=1S/C17H14ClFN6O2/c1-10-8-11(6-7-14(10)19)16-21-24-25(23-16)9-15(26)20-22-17(27)12-4-2-3-5-13(12)18/h2-8H,9H2,1H3,(H,20,26)(H,22,27). The van der Waals surface area contributed by atoms with E-state index in [1.807, 2.05) is 0 Å². The number of amides is 2. The van der Waals surface area contributed by atoms with Gasteiger partial charge in [0.05, 0.1) is 10.6 Å². The Morgan fingerprint density at radius 3 is 2.70 bits per heavy atom. The number of halogens is 2. The van der Waals surface area contributed by atoms with Crippen molar-refractivity contribution >= 4 is 23.4 Å². The van der Waals surface area contributed by atoms with Crippen LogP contribution in [0.2, 0.25) is 5.02 Å². The van der Waals surface area contributed by atoms with Crippen molar-refractivity contribution in [1.82, 2.24) is 31.1 Å². The van der Waals surface area contributed by atoms with Gasteiger partial charge in [0.25, 0.3) is 11.8 Å². The molecule has 0 aliphatic heterocycles. The quantitative estimate of drug-likeness (QED) is 0.665. The van der Waals surface area contributed by atoms with Crippen molar-refractivity contribution in [3.8, 4) is 11.4 Å². The van der Waals surface area contributed by atoms with Crippen LogP contribution in [0.4, 0.5) is 4.39 Å². The molecule has 2 amide bonds. The Bertz CT molecular complexity index is 1010. The van der Waals surface area contributed by atoms with Gasteiger partial charge in [0, 0.05) is 5.56 Å². The SMILES string of the molecule is Cc1cc(-c2nnn(CC(=O)NNC(=O)c3ccccc3Cl)n2)ccc1F. The predicted octanol–water partition coefficient (Wildman–Crippen LogP) is 1.90. The summed E-state index contributed by atoms with van der Waals surface area (Å²) in [6.45, 7) is 1.36. The maximum absolute atomic E-state index is 13.3.